The monoisotopic (exact) mass is 725 g/mol. The van der Waals surface area contributed by atoms with Crippen LogP contribution in [0.4, 0.5) is 32.0 Å². The Labute approximate surface area is 294 Å². The van der Waals surface area contributed by atoms with Crippen molar-refractivity contribution in [2.75, 3.05) is 38.1 Å². The second-order valence-corrected chi connectivity index (χ2v) is 12.4. The molecule has 2 amide bonds. The minimum absolute atomic E-state index is 0.0601. The maximum atomic E-state index is 13.5. The fourth-order valence-electron chi connectivity index (χ4n) is 5.93. The number of pyridine rings is 1. The summed E-state index contributed by atoms with van der Waals surface area (Å²) in [5.41, 5.74) is 1.73. The van der Waals surface area contributed by atoms with E-state index in [0.29, 0.717) is 49.9 Å². The molecular formula is C37H33F6N5O4. The van der Waals surface area contributed by atoms with Gasteiger partial charge in [0.1, 0.15) is 17.2 Å². The summed E-state index contributed by atoms with van der Waals surface area (Å²) >= 11 is 0. The number of benzene rings is 3. The number of hydrogen-bond donors (Lipinski definition) is 1. The molecule has 0 saturated carbocycles. The molecule has 1 saturated heterocycles. The van der Waals surface area contributed by atoms with Gasteiger partial charge in [-0.3, -0.25) is 14.5 Å². The molecule has 1 N–H and O–H groups in total. The predicted molar refractivity (Wildman–Crippen MR) is 181 cm³/mol. The minimum Gasteiger partial charge on any atom is -0.484 e. The first kappa shape index (κ1) is 36.2. The average Bonchev–Trinajstić information content (AvgIpc) is 3.43. The second kappa shape index (κ2) is 14.6. The van der Waals surface area contributed by atoms with Crippen LogP contribution in [0.1, 0.15) is 37.5 Å². The van der Waals surface area contributed by atoms with E-state index in [1.54, 1.807) is 52.9 Å². The second-order valence-electron chi connectivity index (χ2n) is 12.4. The van der Waals surface area contributed by atoms with Crippen LogP contribution in [0, 0.1) is 6.92 Å². The Morgan fingerprint density at radius 1 is 0.846 bits per heavy atom. The van der Waals surface area contributed by atoms with Crippen LogP contribution in [-0.2, 0) is 19.8 Å². The van der Waals surface area contributed by atoms with E-state index in [4.69, 9.17) is 9.47 Å². The highest BCUT2D eigenvalue weighted by molar-refractivity contribution is 6.04. The Balaban J connectivity index is 1.03. The van der Waals surface area contributed by atoms with Gasteiger partial charge in [0.05, 0.1) is 23.0 Å². The van der Waals surface area contributed by atoms with E-state index in [2.05, 4.69) is 15.2 Å². The maximum absolute atomic E-state index is 13.5. The molecule has 0 unspecified atom stereocenters. The van der Waals surface area contributed by atoms with Crippen LogP contribution >= 0.6 is 0 Å². The van der Waals surface area contributed by atoms with Crippen molar-refractivity contribution in [1.82, 2.24) is 19.4 Å². The van der Waals surface area contributed by atoms with Crippen LogP contribution < -0.4 is 14.8 Å². The molecule has 0 spiro atoms. The van der Waals surface area contributed by atoms with Crippen LogP contribution in [0.2, 0.25) is 0 Å². The number of hydrogen-bond acceptors (Lipinski definition) is 6. The third kappa shape index (κ3) is 8.65. The van der Waals surface area contributed by atoms with Gasteiger partial charge in [0, 0.05) is 62.9 Å². The van der Waals surface area contributed by atoms with Gasteiger partial charge in [-0.2, -0.15) is 26.3 Å². The van der Waals surface area contributed by atoms with E-state index in [1.807, 2.05) is 12.1 Å². The number of anilines is 1. The van der Waals surface area contributed by atoms with Gasteiger partial charge in [0.2, 0.25) is 5.88 Å². The lowest BCUT2D eigenvalue weighted by Crippen LogP contribution is -2.48. The number of carbonyl (C=O) groups excluding carboxylic acids is 2. The van der Waals surface area contributed by atoms with Crippen molar-refractivity contribution in [1.29, 1.82) is 0 Å². The van der Waals surface area contributed by atoms with Gasteiger partial charge >= 0.3 is 12.4 Å². The molecule has 2 aromatic heterocycles. The van der Waals surface area contributed by atoms with E-state index in [1.165, 1.54) is 31.3 Å². The van der Waals surface area contributed by atoms with Gasteiger partial charge in [-0.05, 0) is 72.6 Å². The third-order valence-electron chi connectivity index (χ3n) is 8.64. The summed E-state index contributed by atoms with van der Waals surface area (Å²) < 4.78 is 88.9. The molecule has 9 nitrogen and oxygen atoms in total. The number of amides is 2. The first-order valence-corrected chi connectivity index (χ1v) is 16.2. The Kier molecular flexibility index (Phi) is 10.2. The Morgan fingerprint density at radius 2 is 1.56 bits per heavy atom. The molecule has 3 aromatic carbocycles. The number of nitrogens with zero attached hydrogens (tertiary/aromatic N) is 4. The molecular weight excluding hydrogens is 692 g/mol. The molecule has 1 aliphatic rings. The summed E-state index contributed by atoms with van der Waals surface area (Å²) in [5, 5.41) is 3.45. The first-order valence-electron chi connectivity index (χ1n) is 16.2. The smallest absolute Gasteiger partial charge is 0.422 e. The fourth-order valence-corrected chi connectivity index (χ4v) is 5.93. The summed E-state index contributed by atoms with van der Waals surface area (Å²) in [6.07, 6.45) is -7.54. The molecule has 0 bridgehead atoms. The molecule has 0 radical (unpaired) electrons. The molecule has 1 fully saturated rings. The Hall–Kier alpha value is -5.57. The molecule has 272 valence electrons. The SMILES string of the molecule is Cc1cc(C(=O)Nc2ccc(Oc3ccc4cc(C(=O)N5CCN(Cc6ccc(OCC(F)(F)F)cc6)CC5)n(C)c4c3)nc2)ccc1C(F)(F)F. The maximum Gasteiger partial charge on any atom is 0.422 e. The average molecular weight is 726 g/mol. The van der Waals surface area contributed by atoms with E-state index < -0.39 is 30.4 Å². The Bertz CT molecular complexity index is 2070. The normalized spacial score (nSPS) is 14.0. The highest BCUT2D eigenvalue weighted by atomic mass is 19.4. The first-order chi connectivity index (χ1) is 24.6. The minimum atomic E-state index is -4.51. The molecule has 15 heteroatoms. The van der Waals surface area contributed by atoms with Crippen molar-refractivity contribution in [2.45, 2.75) is 25.8 Å². The van der Waals surface area contributed by atoms with E-state index in [-0.39, 0.29) is 28.7 Å². The standard InChI is InChI=1S/C37H33F6N5O4/c1-23-17-26(6-11-30(23)37(41,42)43)34(49)45-27-7-12-33(44-20-27)52-29-10-5-25-18-32(46(2)31(25)19-29)35(50)48-15-13-47(14-16-48)21-24-3-8-28(9-4-24)51-22-36(38,39)40/h3-12,17-20H,13-16,21-22H2,1-2H3,(H,45,49). The highest BCUT2D eigenvalue weighted by Crippen LogP contribution is 2.32. The van der Waals surface area contributed by atoms with Crippen LogP contribution in [0.5, 0.6) is 17.4 Å². The Morgan fingerprint density at radius 3 is 2.19 bits per heavy atom. The van der Waals surface area contributed by atoms with Crippen LogP contribution in [0.25, 0.3) is 10.9 Å². The van der Waals surface area contributed by atoms with Gasteiger partial charge in [-0.15, -0.1) is 0 Å². The summed E-state index contributed by atoms with van der Waals surface area (Å²) in [7, 11) is 1.80. The molecule has 0 aliphatic carbocycles. The summed E-state index contributed by atoms with van der Waals surface area (Å²) in [5.74, 6) is 0.149. The van der Waals surface area contributed by atoms with E-state index in [0.717, 1.165) is 28.6 Å². The number of nitrogens with one attached hydrogen (secondary N) is 1. The number of ether oxygens (including phenoxy) is 2. The van der Waals surface area contributed by atoms with Crippen molar-refractivity contribution >= 4 is 28.4 Å². The number of piperazine rings is 1. The van der Waals surface area contributed by atoms with Gasteiger partial charge in [0.15, 0.2) is 6.61 Å². The number of carbonyl (C=O) groups is 2. The largest absolute Gasteiger partial charge is 0.484 e. The number of halogens is 6. The van der Waals surface area contributed by atoms with Crippen LogP contribution in [0.15, 0.2) is 85.1 Å². The van der Waals surface area contributed by atoms with Gasteiger partial charge in [-0.1, -0.05) is 12.1 Å². The zero-order valence-electron chi connectivity index (χ0n) is 28.0. The van der Waals surface area contributed by atoms with Crippen molar-refractivity contribution < 1.29 is 45.4 Å². The van der Waals surface area contributed by atoms with E-state index >= 15 is 0 Å². The summed E-state index contributed by atoms with van der Waals surface area (Å²) in [6.45, 7) is 2.82. The number of alkyl halides is 6. The van der Waals surface area contributed by atoms with Crippen molar-refractivity contribution in [3.63, 3.8) is 0 Å². The molecule has 6 rings (SSSR count). The van der Waals surface area contributed by atoms with Crippen molar-refractivity contribution in [2.24, 2.45) is 7.05 Å². The fraction of sp³-hybridized carbons (Fsp3) is 0.270. The lowest BCUT2D eigenvalue weighted by molar-refractivity contribution is -0.153. The summed E-state index contributed by atoms with van der Waals surface area (Å²) in [4.78, 5) is 34.4. The zero-order chi connectivity index (χ0) is 37.2. The summed E-state index contributed by atoms with van der Waals surface area (Å²) in [6, 6.07) is 20.0. The number of aromatic nitrogens is 2. The quantitative estimate of drug-likeness (QED) is 0.156. The lowest BCUT2D eigenvalue weighted by atomic mass is 10.0. The lowest BCUT2D eigenvalue weighted by Gasteiger charge is -2.34. The third-order valence-corrected chi connectivity index (χ3v) is 8.64. The zero-order valence-corrected chi connectivity index (χ0v) is 28.0. The van der Waals surface area contributed by atoms with Crippen molar-refractivity contribution in [3.8, 4) is 17.4 Å². The van der Waals surface area contributed by atoms with Crippen LogP contribution in [-0.4, -0.2) is 70.1 Å². The van der Waals surface area contributed by atoms with Gasteiger partial charge in [-0.25, -0.2) is 4.98 Å². The molecule has 3 heterocycles. The van der Waals surface area contributed by atoms with Crippen molar-refractivity contribution in [3.05, 3.63) is 113 Å². The number of aryl methyl sites for hydroxylation is 2. The molecule has 1 aliphatic heterocycles. The van der Waals surface area contributed by atoms with Crippen LogP contribution in [0.3, 0.4) is 0 Å². The van der Waals surface area contributed by atoms with E-state index in [9.17, 15) is 35.9 Å². The van der Waals surface area contributed by atoms with Gasteiger partial charge in [0.25, 0.3) is 11.8 Å². The number of fused-ring (bicyclic) bond motifs is 1. The van der Waals surface area contributed by atoms with Gasteiger partial charge < -0.3 is 24.3 Å². The highest BCUT2D eigenvalue weighted by Gasteiger charge is 2.32. The molecule has 52 heavy (non-hydrogen) atoms. The topological polar surface area (TPSA) is 88.9 Å². The molecule has 0 atom stereocenters. The number of rotatable bonds is 9. The predicted octanol–water partition coefficient (Wildman–Crippen LogP) is 7.84. The molecule has 5 aromatic rings.